The molecule has 0 atom stereocenters. The molecule has 4 heteroatoms. The smallest absolute Gasteiger partial charge is 0.338 e. The van der Waals surface area contributed by atoms with Crippen LogP contribution in [0.1, 0.15) is 36.0 Å². The second kappa shape index (κ2) is 9.51. The Morgan fingerprint density at radius 1 is 1.17 bits per heavy atom. The zero-order chi connectivity index (χ0) is 13.1. The van der Waals surface area contributed by atoms with E-state index in [4.69, 9.17) is 4.74 Å². The van der Waals surface area contributed by atoms with Gasteiger partial charge in [0.05, 0.1) is 17.3 Å². The van der Waals surface area contributed by atoms with Gasteiger partial charge >= 0.3 is 5.97 Å². The van der Waals surface area contributed by atoms with E-state index in [0.717, 1.165) is 32.2 Å². The Morgan fingerprint density at radius 2 is 1.89 bits per heavy atom. The van der Waals surface area contributed by atoms with Crippen LogP contribution in [-0.4, -0.2) is 24.3 Å². The highest BCUT2D eigenvalue weighted by atomic mass is 32.1. The van der Waals surface area contributed by atoms with Gasteiger partial charge in [0, 0.05) is 6.54 Å². The Hall–Kier alpha value is -1.51. The Morgan fingerprint density at radius 3 is 2.61 bits per heavy atom. The molecule has 96 valence electrons. The summed E-state index contributed by atoms with van der Waals surface area (Å²) in [4.78, 5) is 15.4. The van der Waals surface area contributed by atoms with Crippen LogP contribution in [0.5, 0.6) is 0 Å². The van der Waals surface area contributed by atoms with E-state index >= 15 is 0 Å². The molecule has 3 nitrogen and oxygen atoms in total. The summed E-state index contributed by atoms with van der Waals surface area (Å²) in [7, 11) is 0. The molecule has 0 heterocycles. The van der Waals surface area contributed by atoms with Crippen molar-refractivity contribution in [2.24, 2.45) is 4.99 Å². The molecule has 18 heavy (non-hydrogen) atoms. The summed E-state index contributed by atoms with van der Waals surface area (Å²) in [5.41, 5.74) is 0.604. The lowest BCUT2D eigenvalue weighted by Gasteiger charge is -2.04. The summed E-state index contributed by atoms with van der Waals surface area (Å²) >= 11 is 4.47. The van der Waals surface area contributed by atoms with Gasteiger partial charge in [-0.3, -0.25) is 0 Å². The highest BCUT2D eigenvalue weighted by molar-refractivity contribution is 7.78. The highest BCUT2D eigenvalue weighted by Crippen LogP contribution is 2.04. The van der Waals surface area contributed by atoms with E-state index in [9.17, 15) is 4.79 Å². The number of unbranched alkanes of at least 4 members (excludes halogenated alkanes) is 3. The lowest BCUT2D eigenvalue weighted by molar-refractivity contribution is 0.0498. The van der Waals surface area contributed by atoms with Gasteiger partial charge in [0.15, 0.2) is 0 Å². The molecule has 0 unspecified atom stereocenters. The fourth-order valence-electron chi connectivity index (χ4n) is 1.51. The van der Waals surface area contributed by atoms with Crippen molar-refractivity contribution in [3.63, 3.8) is 0 Å². The zero-order valence-electron chi connectivity index (χ0n) is 10.3. The minimum atomic E-state index is -0.249. The fraction of sp³-hybridized carbons (Fsp3) is 0.429. The van der Waals surface area contributed by atoms with Gasteiger partial charge in [0.2, 0.25) is 0 Å². The topological polar surface area (TPSA) is 38.7 Å². The van der Waals surface area contributed by atoms with Crippen molar-refractivity contribution in [3.8, 4) is 0 Å². The molecule has 0 saturated heterocycles. The summed E-state index contributed by atoms with van der Waals surface area (Å²) in [6, 6.07) is 9.04. The lowest BCUT2D eigenvalue weighted by atomic mass is 10.2. The number of thiocarbonyl (C=S) groups is 1. The van der Waals surface area contributed by atoms with Gasteiger partial charge < -0.3 is 4.74 Å². The number of nitrogens with zero attached hydrogens (tertiary/aromatic N) is 1. The van der Waals surface area contributed by atoms with Gasteiger partial charge in [0.1, 0.15) is 0 Å². The normalized spacial score (nSPS) is 9.56. The number of hydrogen-bond donors (Lipinski definition) is 0. The standard InChI is InChI=1S/C14H17NO2S/c16-14(13-8-4-3-5-9-13)17-11-7-2-1-6-10-15-12-18/h3-5,8-9H,1-2,6-7,10-11H2. The number of ether oxygens (including phenoxy) is 1. The largest absolute Gasteiger partial charge is 0.462 e. The van der Waals surface area contributed by atoms with E-state index in [1.807, 2.05) is 18.2 Å². The summed E-state index contributed by atoms with van der Waals surface area (Å²) < 4.78 is 5.16. The lowest BCUT2D eigenvalue weighted by Crippen LogP contribution is -2.06. The molecule has 0 aromatic heterocycles. The van der Waals surface area contributed by atoms with Crippen molar-refractivity contribution in [2.45, 2.75) is 25.7 Å². The van der Waals surface area contributed by atoms with Crippen molar-refractivity contribution in [1.29, 1.82) is 0 Å². The van der Waals surface area contributed by atoms with Gasteiger partial charge in [-0.25, -0.2) is 9.79 Å². The first-order chi connectivity index (χ1) is 8.84. The third kappa shape index (κ3) is 6.28. The van der Waals surface area contributed by atoms with E-state index in [0.29, 0.717) is 12.2 Å². The van der Waals surface area contributed by atoms with Gasteiger partial charge in [0.25, 0.3) is 0 Å². The van der Waals surface area contributed by atoms with E-state index in [1.54, 1.807) is 12.1 Å². The molecule has 0 amide bonds. The van der Waals surface area contributed by atoms with Crippen molar-refractivity contribution in [1.82, 2.24) is 0 Å². The third-order valence-corrected chi connectivity index (χ3v) is 2.60. The van der Waals surface area contributed by atoms with Gasteiger partial charge in [-0.15, -0.1) is 0 Å². The van der Waals surface area contributed by atoms with Crippen LogP contribution in [0, 0.1) is 0 Å². The summed E-state index contributed by atoms with van der Waals surface area (Å²) in [5, 5.41) is 2.34. The molecule has 0 saturated carbocycles. The second-order valence-electron chi connectivity index (χ2n) is 3.89. The molecular formula is C14H17NO2S. The number of hydrogen-bond acceptors (Lipinski definition) is 4. The Bertz CT molecular complexity index is 400. The summed E-state index contributed by atoms with van der Waals surface area (Å²) in [6.07, 6.45) is 4.01. The van der Waals surface area contributed by atoms with Crippen molar-refractivity contribution in [2.75, 3.05) is 13.2 Å². The minimum absolute atomic E-state index is 0.249. The number of isothiocyanates is 1. The molecule has 1 aromatic rings. The fourth-order valence-corrected chi connectivity index (χ4v) is 1.61. The van der Waals surface area contributed by atoms with Crippen LogP contribution in [-0.2, 0) is 4.74 Å². The molecule has 0 radical (unpaired) electrons. The predicted molar refractivity (Wildman–Crippen MR) is 75.1 cm³/mol. The molecule has 0 bridgehead atoms. The maximum Gasteiger partial charge on any atom is 0.338 e. The number of benzene rings is 1. The van der Waals surface area contributed by atoms with Crippen LogP contribution in [0.2, 0.25) is 0 Å². The molecule has 0 N–H and O–H groups in total. The maximum absolute atomic E-state index is 11.6. The number of carbonyl (C=O) groups excluding carboxylic acids is 1. The Kier molecular flexibility index (Phi) is 7.69. The van der Waals surface area contributed by atoms with Gasteiger partial charge in [-0.05, 0) is 43.6 Å². The molecule has 0 fully saturated rings. The molecule has 1 rings (SSSR count). The van der Waals surface area contributed by atoms with Crippen LogP contribution in [0.25, 0.3) is 0 Å². The molecule has 0 aliphatic carbocycles. The molecule has 1 aromatic carbocycles. The van der Waals surface area contributed by atoms with E-state index in [1.165, 1.54) is 0 Å². The van der Waals surface area contributed by atoms with Crippen LogP contribution in [0.4, 0.5) is 0 Å². The van der Waals surface area contributed by atoms with E-state index < -0.39 is 0 Å². The first-order valence-corrected chi connectivity index (χ1v) is 6.51. The van der Waals surface area contributed by atoms with Crippen LogP contribution in [0.15, 0.2) is 35.3 Å². The monoisotopic (exact) mass is 263 g/mol. The molecule has 0 spiro atoms. The van der Waals surface area contributed by atoms with Gasteiger partial charge in [-0.2, -0.15) is 0 Å². The SMILES string of the molecule is O=C(OCCCCCCN=C=S)c1ccccc1. The summed E-state index contributed by atoms with van der Waals surface area (Å²) in [6.45, 7) is 1.22. The minimum Gasteiger partial charge on any atom is -0.462 e. The predicted octanol–water partition coefficient (Wildman–Crippen LogP) is 3.51. The first-order valence-electron chi connectivity index (χ1n) is 6.10. The first kappa shape index (κ1) is 14.6. The van der Waals surface area contributed by atoms with Crippen molar-refractivity contribution < 1.29 is 9.53 Å². The highest BCUT2D eigenvalue weighted by Gasteiger charge is 2.04. The number of rotatable bonds is 8. The average Bonchev–Trinajstić information content (AvgIpc) is 2.42. The number of aliphatic imine (C=N–C) groups is 1. The van der Waals surface area contributed by atoms with E-state index in [2.05, 4.69) is 22.4 Å². The summed E-state index contributed by atoms with van der Waals surface area (Å²) in [5.74, 6) is -0.249. The van der Waals surface area contributed by atoms with Crippen LogP contribution < -0.4 is 0 Å². The average molecular weight is 263 g/mol. The van der Waals surface area contributed by atoms with E-state index in [-0.39, 0.29) is 5.97 Å². The van der Waals surface area contributed by atoms with Crippen LogP contribution in [0.3, 0.4) is 0 Å². The quantitative estimate of drug-likeness (QED) is 0.312. The zero-order valence-corrected chi connectivity index (χ0v) is 11.1. The molecular weight excluding hydrogens is 246 g/mol. The van der Waals surface area contributed by atoms with Crippen LogP contribution >= 0.6 is 12.2 Å². The second-order valence-corrected chi connectivity index (χ2v) is 4.07. The number of carbonyl (C=O) groups is 1. The van der Waals surface area contributed by atoms with Crippen molar-refractivity contribution >= 4 is 23.3 Å². The van der Waals surface area contributed by atoms with Gasteiger partial charge in [-0.1, -0.05) is 24.6 Å². The van der Waals surface area contributed by atoms with Crippen molar-refractivity contribution in [3.05, 3.63) is 35.9 Å². The third-order valence-electron chi connectivity index (χ3n) is 2.47. The number of esters is 1. The maximum atomic E-state index is 11.6. The molecule has 0 aliphatic rings. The Balaban J connectivity index is 2.04. The Labute approximate surface area is 113 Å². The molecule has 0 aliphatic heterocycles.